The van der Waals surface area contributed by atoms with Crippen LogP contribution in [0.25, 0.3) is 11.0 Å². The van der Waals surface area contributed by atoms with E-state index in [1.807, 2.05) is 4.57 Å². The van der Waals surface area contributed by atoms with E-state index in [0.717, 1.165) is 24.9 Å². The van der Waals surface area contributed by atoms with Gasteiger partial charge in [-0.25, -0.2) is 9.37 Å². The Bertz CT molecular complexity index is 552. The summed E-state index contributed by atoms with van der Waals surface area (Å²) in [6.07, 6.45) is 3.72. The van der Waals surface area contributed by atoms with Gasteiger partial charge in [0, 0.05) is 6.54 Å². The molecule has 0 spiro atoms. The van der Waals surface area contributed by atoms with Crippen LogP contribution < -0.4 is 4.74 Å². The summed E-state index contributed by atoms with van der Waals surface area (Å²) in [6.45, 7) is 1.55. The summed E-state index contributed by atoms with van der Waals surface area (Å²) in [7, 11) is 0. The first-order chi connectivity index (χ1) is 7.77. The van der Waals surface area contributed by atoms with Gasteiger partial charge in [-0.05, 0) is 34.8 Å². The van der Waals surface area contributed by atoms with Gasteiger partial charge in [0.2, 0.25) is 0 Å². The molecule has 16 heavy (non-hydrogen) atoms. The maximum absolute atomic E-state index is 13.8. The highest BCUT2D eigenvalue weighted by molar-refractivity contribution is 9.10. The van der Waals surface area contributed by atoms with Gasteiger partial charge in [0.25, 0.3) is 0 Å². The predicted molar refractivity (Wildman–Crippen MR) is 62.1 cm³/mol. The smallest absolute Gasteiger partial charge is 0.165 e. The molecule has 0 atom stereocenters. The molecule has 3 rings (SSSR count). The zero-order valence-corrected chi connectivity index (χ0v) is 10.1. The van der Waals surface area contributed by atoms with Crippen molar-refractivity contribution in [2.24, 2.45) is 0 Å². The number of imidazole rings is 1. The van der Waals surface area contributed by atoms with Crippen molar-refractivity contribution in [3.8, 4) is 5.75 Å². The molecular formula is C11H10BrFN2O. The first kappa shape index (κ1) is 10.1. The highest BCUT2D eigenvalue weighted by Crippen LogP contribution is 2.33. The lowest BCUT2D eigenvalue weighted by Crippen LogP contribution is -2.07. The van der Waals surface area contributed by atoms with Gasteiger partial charge in [-0.1, -0.05) is 0 Å². The van der Waals surface area contributed by atoms with Gasteiger partial charge in [-0.2, -0.15) is 0 Å². The number of benzene rings is 1. The van der Waals surface area contributed by atoms with E-state index in [1.165, 1.54) is 0 Å². The molecule has 1 aromatic carbocycles. The van der Waals surface area contributed by atoms with E-state index in [0.29, 0.717) is 22.3 Å². The predicted octanol–water partition coefficient (Wildman–Crippen LogP) is 3.11. The van der Waals surface area contributed by atoms with Crippen molar-refractivity contribution >= 4 is 27.0 Å². The van der Waals surface area contributed by atoms with Crippen molar-refractivity contribution in [3.05, 3.63) is 22.7 Å². The minimum atomic E-state index is -0.318. The van der Waals surface area contributed by atoms with E-state index in [-0.39, 0.29) is 5.82 Å². The Morgan fingerprint density at radius 2 is 2.31 bits per heavy atom. The maximum atomic E-state index is 13.8. The summed E-state index contributed by atoms with van der Waals surface area (Å²) in [4.78, 5) is 4.11. The monoisotopic (exact) mass is 284 g/mol. The van der Waals surface area contributed by atoms with Crippen LogP contribution >= 0.6 is 15.9 Å². The fraction of sp³-hybridized carbons (Fsp3) is 0.364. The van der Waals surface area contributed by atoms with Crippen LogP contribution in [0.3, 0.4) is 0 Å². The second-order valence-electron chi connectivity index (χ2n) is 3.86. The van der Waals surface area contributed by atoms with Crippen LogP contribution in [-0.4, -0.2) is 16.2 Å². The molecule has 2 heterocycles. The van der Waals surface area contributed by atoms with Crippen molar-refractivity contribution in [3.63, 3.8) is 0 Å². The van der Waals surface area contributed by atoms with Gasteiger partial charge >= 0.3 is 0 Å². The third kappa shape index (κ3) is 1.42. The standard InChI is InChI=1S/C11H10BrFN2O/c12-7-5-8-11-10(9(7)13)14-6-15(11)3-1-2-4-16-8/h5-6H,1-4H2. The zero-order valence-electron chi connectivity index (χ0n) is 8.54. The number of hydrogen-bond donors (Lipinski definition) is 0. The van der Waals surface area contributed by atoms with Gasteiger partial charge < -0.3 is 9.30 Å². The van der Waals surface area contributed by atoms with E-state index in [9.17, 15) is 4.39 Å². The fourth-order valence-electron chi connectivity index (χ4n) is 2.01. The first-order valence-corrected chi connectivity index (χ1v) is 6.02. The van der Waals surface area contributed by atoms with Gasteiger partial charge in [0.15, 0.2) is 5.82 Å². The normalized spacial score (nSPS) is 15.6. The van der Waals surface area contributed by atoms with E-state index in [1.54, 1.807) is 12.4 Å². The van der Waals surface area contributed by atoms with E-state index in [4.69, 9.17) is 4.74 Å². The van der Waals surface area contributed by atoms with E-state index in [2.05, 4.69) is 20.9 Å². The molecule has 0 unspecified atom stereocenters. The number of aryl methyl sites for hydroxylation is 1. The molecule has 0 saturated carbocycles. The Morgan fingerprint density at radius 1 is 1.44 bits per heavy atom. The minimum Gasteiger partial charge on any atom is -0.491 e. The summed E-state index contributed by atoms with van der Waals surface area (Å²) >= 11 is 3.18. The van der Waals surface area contributed by atoms with Gasteiger partial charge in [0.1, 0.15) is 16.8 Å². The molecule has 0 fully saturated rings. The average Bonchev–Trinajstić information content (AvgIpc) is 2.65. The van der Waals surface area contributed by atoms with Crippen molar-refractivity contribution in [1.29, 1.82) is 0 Å². The molecule has 0 saturated heterocycles. The molecule has 1 aliphatic heterocycles. The van der Waals surface area contributed by atoms with Crippen LogP contribution in [0.15, 0.2) is 16.9 Å². The van der Waals surface area contributed by atoms with Crippen LogP contribution in [0, 0.1) is 5.82 Å². The third-order valence-electron chi connectivity index (χ3n) is 2.80. The molecule has 0 aliphatic carbocycles. The lowest BCUT2D eigenvalue weighted by molar-refractivity contribution is 0.298. The number of halogens is 2. The molecule has 2 aromatic rings. The lowest BCUT2D eigenvalue weighted by atomic mass is 10.2. The minimum absolute atomic E-state index is 0.318. The highest BCUT2D eigenvalue weighted by Gasteiger charge is 2.18. The topological polar surface area (TPSA) is 27.1 Å². The van der Waals surface area contributed by atoms with Crippen LogP contribution in [0.5, 0.6) is 5.75 Å². The summed E-state index contributed by atoms with van der Waals surface area (Å²) in [5.74, 6) is 0.391. The summed E-state index contributed by atoms with van der Waals surface area (Å²) in [5, 5.41) is 0. The van der Waals surface area contributed by atoms with Crippen LogP contribution in [0.4, 0.5) is 4.39 Å². The summed E-state index contributed by atoms with van der Waals surface area (Å²) in [6, 6.07) is 1.68. The number of nitrogens with zero attached hydrogens (tertiary/aromatic N) is 2. The Hall–Kier alpha value is -1.10. The van der Waals surface area contributed by atoms with Crippen molar-refractivity contribution < 1.29 is 9.13 Å². The third-order valence-corrected chi connectivity index (χ3v) is 3.37. The lowest BCUT2D eigenvalue weighted by Gasteiger charge is -2.14. The van der Waals surface area contributed by atoms with Crippen molar-refractivity contribution in [2.45, 2.75) is 19.4 Å². The van der Waals surface area contributed by atoms with Crippen LogP contribution in [-0.2, 0) is 6.54 Å². The van der Waals surface area contributed by atoms with Crippen molar-refractivity contribution in [1.82, 2.24) is 9.55 Å². The van der Waals surface area contributed by atoms with Gasteiger partial charge in [-0.15, -0.1) is 0 Å². The zero-order chi connectivity index (χ0) is 11.1. The summed E-state index contributed by atoms with van der Waals surface area (Å²) < 4.78 is 21.8. The fourth-order valence-corrected chi connectivity index (χ4v) is 2.40. The highest BCUT2D eigenvalue weighted by atomic mass is 79.9. The number of rotatable bonds is 0. The second-order valence-corrected chi connectivity index (χ2v) is 4.72. The van der Waals surface area contributed by atoms with Gasteiger partial charge in [0.05, 0.1) is 17.4 Å². The van der Waals surface area contributed by atoms with Crippen LogP contribution in [0.1, 0.15) is 12.8 Å². The number of aromatic nitrogens is 2. The van der Waals surface area contributed by atoms with Gasteiger partial charge in [-0.3, -0.25) is 0 Å². The summed E-state index contributed by atoms with van der Waals surface area (Å²) in [5.41, 5.74) is 1.15. The molecule has 1 aromatic heterocycles. The largest absolute Gasteiger partial charge is 0.491 e. The second kappa shape index (κ2) is 3.73. The van der Waals surface area contributed by atoms with Crippen LogP contribution in [0.2, 0.25) is 0 Å². The Morgan fingerprint density at radius 3 is 3.19 bits per heavy atom. The SMILES string of the molecule is Fc1c(Br)cc2c3c1ncn3CCCCO2. The molecule has 0 N–H and O–H groups in total. The molecule has 1 aliphatic rings. The molecular weight excluding hydrogens is 275 g/mol. The maximum Gasteiger partial charge on any atom is 0.165 e. The Labute approximate surface area is 100 Å². The Balaban J connectivity index is 2.34. The Kier molecular flexibility index (Phi) is 2.35. The molecule has 5 heteroatoms. The molecule has 0 bridgehead atoms. The molecule has 0 radical (unpaired) electrons. The molecule has 84 valence electrons. The molecule has 0 amide bonds. The molecule has 3 nitrogen and oxygen atoms in total. The van der Waals surface area contributed by atoms with Crippen molar-refractivity contribution in [2.75, 3.05) is 6.61 Å². The average molecular weight is 285 g/mol. The van der Waals surface area contributed by atoms with E-state index >= 15 is 0 Å². The number of ether oxygens (including phenoxy) is 1. The number of hydrogen-bond acceptors (Lipinski definition) is 2. The first-order valence-electron chi connectivity index (χ1n) is 5.23. The quantitative estimate of drug-likeness (QED) is 0.743. The van der Waals surface area contributed by atoms with E-state index < -0.39 is 0 Å².